The molecule has 0 aliphatic carbocycles. The van der Waals surface area contributed by atoms with Gasteiger partial charge in [-0.05, 0) is 32.9 Å². The van der Waals surface area contributed by atoms with Crippen LogP contribution in [0.2, 0.25) is 0 Å². The Morgan fingerprint density at radius 1 is 1.30 bits per heavy atom. The minimum atomic E-state index is -0.535. The molecule has 8 nitrogen and oxygen atoms in total. The molecule has 1 amide bonds. The predicted octanol–water partition coefficient (Wildman–Crippen LogP) is 2.97. The molecular formula is C15H19N3O5. The summed E-state index contributed by atoms with van der Waals surface area (Å²) in [6, 6.07) is 5.64. The summed E-state index contributed by atoms with van der Waals surface area (Å²) in [5.41, 5.74) is 0.169. The molecule has 124 valence electrons. The fourth-order valence-corrected chi connectivity index (χ4v) is 1.95. The zero-order chi connectivity index (χ0) is 17.0. The van der Waals surface area contributed by atoms with E-state index >= 15 is 0 Å². The number of carbonyl (C=O) groups is 1. The number of hydrogen-bond donors (Lipinski definition) is 0. The number of hydrogen-bond acceptors (Lipinski definition) is 6. The maximum absolute atomic E-state index is 11.9. The molecule has 1 heterocycles. The number of nitrogens with zero attached hydrogens (tertiary/aromatic N) is 3. The Labute approximate surface area is 133 Å². The summed E-state index contributed by atoms with van der Waals surface area (Å²) in [5, 5.41) is 14.6. The average molecular weight is 321 g/mol. The summed E-state index contributed by atoms with van der Waals surface area (Å²) in [7, 11) is 0. The molecule has 1 aliphatic heterocycles. The van der Waals surface area contributed by atoms with Gasteiger partial charge in [-0.1, -0.05) is 5.16 Å². The van der Waals surface area contributed by atoms with Gasteiger partial charge >= 0.3 is 6.09 Å². The van der Waals surface area contributed by atoms with Crippen LogP contribution in [0.15, 0.2) is 29.4 Å². The van der Waals surface area contributed by atoms with Crippen molar-refractivity contribution in [2.24, 2.45) is 5.16 Å². The minimum Gasteiger partial charge on any atom is -0.444 e. The molecule has 1 saturated heterocycles. The summed E-state index contributed by atoms with van der Waals surface area (Å²) in [5.74, 6) is 0.402. The van der Waals surface area contributed by atoms with Crippen LogP contribution in [-0.2, 0) is 4.74 Å². The number of nitro benzene ring substituents is 1. The van der Waals surface area contributed by atoms with Gasteiger partial charge in [-0.15, -0.1) is 0 Å². The molecule has 0 N–H and O–H groups in total. The van der Waals surface area contributed by atoms with E-state index in [0.717, 1.165) is 0 Å². The first kappa shape index (κ1) is 16.7. The Bertz CT molecular complexity index is 619. The van der Waals surface area contributed by atoms with Crippen molar-refractivity contribution >= 4 is 17.5 Å². The second-order valence-corrected chi connectivity index (χ2v) is 6.15. The average Bonchev–Trinajstić information content (AvgIpc) is 2.93. The van der Waals surface area contributed by atoms with E-state index in [0.29, 0.717) is 31.0 Å². The van der Waals surface area contributed by atoms with E-state index in [-0.39, 0.29) is 11.8 Å². The number of non-ortho nitro benzene ring substituents is 1. The molecule has 0 radical (unpaired) electrons. The van der Waals surface area contributed by atoms with E-state index in [2.05, 4.69) is 5.16 Å². The van der Waals surface area contributed by atoms with E-state index < -0.39 is 10.5 Å². The second-order valence-electron chi connectivity index (χ2n) is 6.15. The fourth-order valence-electron chi connectivity index (χ4n) is 1.95. The first-order chi connectivity index (χ1) is 10.7. The van der Waals surface area contributed by atoms with Crippen molar-refractivity contribution in [3.63, 3.8) is 0 Å². The van der Waals surface area contributed by atoms with Gasteiger partial charge in [0.05, 0.1) is 17.2 Å². The highest BCUT2D eigenvalue weighted by molar-refractivity contribution is 5.91. The fraction of sp³-hybridized carbons (Fsp3) is 0.467. The van der Waals surface area contributed by atoms with Crippen molar-refractivity contribution in [3.05, 3.63) is 34.4 Å². The van der Waals surface area contributed by atoms with Gasteiger partial charge in [-0.25, -0.2) is 4.79 Å². The number of benzene rings is 1. The topological polar surface area (TPSA) is 94.3 Å². The molecule has 1 fully saturated rings. The third-order valence-corrected chi connectivity index (χ3v) is 3.02. The summed E-state index contributed by atoms with van der Waals surface area (Å²) >= 11 is 0. The molecular weight excluding hydrogens is 302 g/mol. The van der Waals surface area contributed by atoms with Gasteiger partial charge in [-0.2, -0.15) is 0 Å². The minimum absolute atomic E-state index is 0.0121. The van der Waals surface area contributed by atoms with Crippen molar-refractivity contribution < 1.29 is 19.3 Å². The van der Waals surface area contributed by atoms with Crippen LogP contribution in [0, 0.1) is 10.1 Å². The lowest BCUT2D eigenvalue weighted by Crippen LogP contribution is -2.35. The molecule has 1 aliphatic rings. The molecule has 0 unspecified atom stereocenters. The van der Waals surface area contributed by atoms with E-state index in [1.807, 2.05) is 20.8 Å². The molecule has 1 aromatic carbocycles. The van der Waals surface area contributed by atoms with Crippen molar-refractivity contribution in [1.82, 2.24) is 4.90 Å². The molecule has 1 aromatic rings. The van der Waals surface area contributed by atoms with Gasteiger partial charge in [0.15, 0.2) is 5.75 Å². The van der Waals surface area contributed by atoms with Gasteiger partial charge in [0, 0.05) is 25.1 Å². The van der Waals surface area contributed by atoms with Crippen LogP contribution >= 0.6 is 0 Å². The molecule has 0 bridgehead atoms. The zero-order valence-electron chi connectivity index (χ0n) is 13.3. The van der Waals surface area contributed by atoms with Crippen molar-refractivity contribution in [1.29, 1.82) is 0 Å². The normalized spacial score (nSPS) is 16.5. The molecule has 0 atom stereocenters. The third kappa shape index (κ3) is 4.94. The highest BCUT2D eigenvalue weighted by Crippen LogP contribution is 2.18. The predicted molar refractivity (Wildman–Crippen MR) is 83.6 cm³/mol. The lowest BCUT2D eigenvalue weighted by molar-refractivity contribution is -0.384. The van der Waals surface area contributed by atoms with Gasteiger partial charge in [-0.3, -0.25) is 10.1 Å². The highest BCUT2D eigenvalue weighted by Gasteiger charge is 2.27. The van der Waals surface area contributed by atoms with Crippen molar-refractivity contribution in [2.45, 2.75) is 32.8 Å². The summed E-state index contributed by atoms with van der Waals surface area (Å²) < 4.78 is 5.30. The van der Waals surface area contributed by atoms with Crippen LogP contribution in [0.5, 0.6) is 5.75 Å². The Balaban J connectivity index is 1.90. The molecule has 23 heavy (non-hydrogen) atoms. The zero-order valence-corrected chi connectivity index (χ0v) is 13.3. The Hall–Kier alpha value is -2.64. The van der Waals surface area contributed by atoms with Crippen LogP contribution in [-0.4, -0.2) is 40.3 Å². The lowest BCUT2D eigenvalue weighted by atomic mass is 10.2. The monoisotopic (exact) mass is 321 g/mol. The van der Waals surface area contributed by atoms with Crippen molar-refractivity contribution in [3.8, 4) is 5.75 Å². The van der Waals surface area contributed by atoms with Crippen LogP contribution in [0.3, 0.4) is 0 Å². The molecule has 8 heteroatoms. The molecule has 0 aromatic heterocycles. The lowest BCUT2D eigenvalue weighted by Gasteiger charge is -2.23. The molecule has 0 saturated carbocycles. The summed E-state index contributed by atoms with van der Waals surface area (Å²) in [6.45, 7) is 6.31. The standard InChI is InChI=1S/C15H19N3O5/c1-15(2,3)22-14(19)17-9-8-11(10-17)16-23-13-6-4-12(5-7-13)18(20)21/h4-7H,8-10H2,1-3H3/b16-11+. The Morgan fingerprint density at radius 3 is 2.52 bits per heavy atom. The number of likely N-dealkylation sites (tertiary alicyclic amines) is 1. The Morgan fingerprint density at radius 2 is 1.96 bits per heavy atom. The van der Waals surface area contributed by atoms with Gasteiger partial charge in [0.1, 0.15) is 5.60 Å². The van der Waals surface area contributed by atoms with Crippen LogP contribution in [0.1, 0.15) is 27.2 Å². The molecule has 0 spiro atoms. The number of ether oxygens (including phenoxy) is 1. The first-order valence-corrected chi connectivity index (χ1v) is 7.20. The third-order valence-electron chi connectivity index (χ3n) is 3.02. The summed E-state index contributed by atoms with van der Waals surface area (Å²) in [4.78, 5) is 28.8. The second kappa shape index (κ2) is 6.64. The van der Waals surface area contributed by atoms with E-state index in [1.165, 1.54) is 24.3 Å². The summed E-state index contributed by atoms with van der Waals surface area (Å²) in [6.07, 6.45) is 0.227. The van der Waals surface area contributed by atoms with Crippen LogP contribution in [0.25, 0.3) is 0 Å². The van der Waals surface area contributed by atoms with Gasteiger partial charge in [0.25, 0.3) is 5.69 Å². The van der Waals surface area contributed by atoms with Crippen LogP contribution in [0.4, 0.5) is 10.5 Å². The molecule has 2 rings (SSSR count). The van der Waals surface area contributed by atoms with E-state index in [1.54, 1.807) is 4.90 Å². The maximum Gasteiger partial charge on any atom is 0.410 e. The number of carbonyl (C=O) groups excluding carboxylic acids is 1. The highest BCUT2D eigenvalue weighted by atomic mass is 16.6. The number of nitro groups is 1. The van der Waals surface area contributed by atoms with E-state index in [4.69, 9.17) is 9.57 Å². The van der Waals surface area contributed by atoms with Crippen LogP contribution < -0.4 is 4.84 Å². The first-order valence-electron chi connectivity index (χ1n) is 7.20. The maximum atomic E-state index is 11.9. The van der Waals surface area contributed by atoms with Gasteiger partial charge < -0.3 is 14.5 Å². The quantitative estimate of drug-likeness (QED) is 0.630. The SMILES string of the molecule is CC(C)(C)OC(=O)N1CC/C(=N\Oc2ccc([N+](=O)[O-])cc2)C1. The number of oxime groups is 1. The number of rotatable bonds is 3. The van der Waals surface area contributed by atoms with Crippen molar-refractivity contribution in [2.75, 3.05) is 13.1 Å². The van der Waals surface area contributed by atoms with Gasteiger partial charge in [0.2, 0.25) is 0 Å². The smallest absolute Gasteiger partial charge is 0.410 e. The van der Waals surface area contributed by atoms with E-state index in [9.17, 15) is 14.9 Å². The number of amides is 1. The Kier molecular flexibility index (Phi) is 4.83. The largest absolute Gasteiger partial charge is 0.444 e.